The number of hydrogen-bond acceptors (Lipinski definition) is 3. The van der Waals surface area contributed by atoms with Crippen LogP contribution in [0.25, 0.3) is 0 Å². The molecule has 0 saturated carbocycles. The van der Waals surface area contributed by atoms with Gasteiger partial charge in [0.15, 0.2) is 0 Å². The van der Waals surface area contributed by atoms with Crippen LogP contribution in [-0.4, -0.2) is 24.2 Å². The molecule has 3 heteroatoms. The molecule has 0 aliphatic carbocycles. The van der Waals surface area contributed by atoms with E-state index in [-0.39, 0.29) is 0 Å². The largest absolute Gasteiger partial charge is 0.493 e. The molecule has 2 N–H and O–H groups in total. The Kier molecular flexibility index (Phi) is 4.13. The summed E-state index contributed by atoms with van der Waals surface area (Å²) in [4.78, 5) is 0. The standard InChI is InChI=1S/C13H19NOS/c1-10(14)8-16-9-11-6-7-15-13-5-3-2-4-12(11)13/h2-5,10-11H,6-9,14H2,1H3. The summed E-state index contributed by atoms with van der Waals surface area (Å²) < 4.78 is 5.65. The summed E-state index contributed by atoms with van der Waals surface area (Å²) in [5.74, 6) is 3.90. The molecule has 1 aromatic carbocycles. The van der Waals surface area contributed by atoms with E-state index in [1.807, 2.05) is 17.8 Å². The Hall–Kier alpha value is -0.670. The predicted octanol–water partition coefficient (Wildman–Crippen LogP) is 2.63. The van der Waals surface area contributed by atoms with Crippen LogP contribution in [0.3, 0.4) is 0 Å². The third-order valence-electron chi connectivity index (χ3n) is 2.78. The van der Waals surface area contributed by atoms with Crippen LogP contribution < -0.4 is 10.5 Å². The summed E-state index contributed by atoms with van der Waals surface area (Å²) in [5, 5.41) is 0. The van der Waals surface area contributed by atoms with Gasteiger partial charge in [0.05, 0.1) is 6.61 Å². The van der Waals surface area contributed by atoms with Crippen molar-refractivity contribution in [2.24, 2.45) is 5.73 Å². The van der Waals surface area contributed by atoms with Gasteiger partial charge >= 0.3 is 0 Å². The molecule has 0 fully saturated rings. The van der Waals surface area contributed by atoms with Crippen molar-refractivity contribution in [2.75, 3.05) is 18.1 Å². The van der Waals surface area contributed by atoms with Gasteiger partial charge in [0.1, 0.15) is 5.75 Å². The van der Waals surface area contributed by atoms with E-state index >= 15 is 0 Å². The van der Waals surface area contributed by atoms with Gasteiger partial charge in [-0.15, -0.1) is 0 Å². The second-order valence-corrected chi connectivity index (χ2v) is 5.46. The zero-order valence-electron chi connectivity index (χ0n) is 9.69. The maximum Gasteiger partial charge on any atom is 0.122 e. The topological polar surface area (TPSA) is 35.2 Å². The number of thioether (sulfide) groups is 1. The summed E-state index contributed by atoms with van der Waals surface area (Å²) >= 11 is 1.95. The van der Waals surface area contributed by atoms with Crippen LogP contribution >= 0.6 is 11.8 Å². The van der Waals surface area contributed by atoms with Crippen LogP contribution in [0, 0.1) is 0 Å². The number of fused-ring (bicyclic) bond motifs is 1. The molecule has 2 atom stereocenters. The fraction of sp³-hybridized carbons (Fsp3) is 0.538. The van der Waals surface area contributed by atoms with Gasteiger partial charge in [-0.3, -0.25) is 0 Å². The van der Waals surface area contributed by atoms with Gasteiger partial charge < -0.3 is 10.5 Å². The van der Waals surface area contributed by atoms with Crippen molar-refractivity contribution >= 4 is 11.8 Å². The molecule has 2 rings (SSSR count). The highest BCUT2D eigenvalue weighted by molar-refractivity contribution is 7.99. The van der Waals surface area contributed by atoms with Crippen LogP contribution in [0.15, 0.2) is 24.3 Å². The lowest BCUT2D eigenvalue weighted by Crippen LogP contribution is -2.20. The summed E-state index contributed by atoms with van der Waals surface area (Å²) in [6, 6.07) is 8.68. The van der Waals surface area contributed by atoms with Gasteiger partial charge in [0.2, 0.25) is 0 Å². The van der Waals surface area contributed by atoms with Gasteiger partial charge in [-0.2, -0.15) is 11.8 Å². The minimum absolute atomic E-state index is 0.292. The summed E-state index contributed by atoms with van der Waals surface area (Å²) in [6.07, 6.45) is 1.13. The Bertz CT molecular complexity index is 340. The van der Waals surface area contributed by atoms with E-state index in [0.717, 1.165) is 30.3 Å². The lowest BCUT2D eigenvalue weighted by Gasteiger charge is -2.25. The Morgan fingerprint density at radius 2 is 2.31 bits per heavy atom. The molecule has 16 heavy (non-hydrogen) atoms. The SMILES string of the molecule is CC(N)CSCC1CCOc2ccccc21. The first-order valence-corrected chi connectivity index (χ1v) is 6.98. The van der Waals surface area contributed by atoms with E-state index in [1.165, 1.54) is 5.56 Å². The molecular weight excluding hydrogens is 218 g/mol. The number of hydrogen-bond donors (Lipinski definition) is 1. The van der Waals surface area contributed by atoms with E-state index in [4.69, 9.17) is 10.5 Å². The third kappa shape index (κ3) is 2.92. The van der Waals surface area contributed by atoms with E-state index in [1.54, 1.807) is 0 Å². The van der Waals surface area contributed by atoms with Crippen LogP contribution in [0.1, 0.15) is 24.8 Å². The number of benzene rings is 1. The lowest BCUT2D eigenvalue weighted by molar-refractivity contribution is 0.273. The van der Waals surface area contributed by atoms with Crippen LogP contribution in [0.5, 0.6) is 5.75 Å². The summed E-state index contributed by atoms with van der Waals surface area (Å²) in [7, 11) is 0. The van der Waals surface area contributed by atoms with E-state index < -0.39 is 0 Å². The van der Waals surface area contributed by atoms with Gasteiger partial charge in [0, 0.05) is 17.5 Å². The molecule has 0 bridgehead atoms. The summed E-state index contributed by atoms with van der Waals surface area (Å²) in [5.41, 5.74) is 7.12. The van der Waals surface area contributed by atoms with Gasteiger partial charge in [-0.25, -0.2) is 0 Å². The first-order chi connectivity index (χ1) is 7.77. The van der Waals surface area contributed by atoms with Crippen molar-refractivity contribution < 1.29 is 4.74 Å². The van der Waals surface area contributed by atoms with Crippen LogP contribution in [-0.2, 0) is 0 Å². The summed E-state index contributed by atoms with van der Waals surface area (Å²) in [6.45, 7) is 2.91. The molecule has 1 aliphatic heterocycles. The third-order valence-corrected chi connectivity index (χ3v) is 4.18. The van der Waals surface area contributed by atoms with Crippen molar-refractivity contribution in [1.29, 1.82) is 0 Å². The smallest absolute Gasteiger partial charge is 0.122 e. The quantitative estimate of drug-likeness (QED) is 0.874. The highest BCUT2D eigenvalue weighted by atomic mass is 32.2. The first-order valence-electron chi connectivity index (χ1n) is 5.82. The Labute approximate surface area is 102 Å². The zero-order chi connectivity index (χ0) is 11.4. The second-order valence-electron chi connectivity index (χ2n) is 4.39. The molecule has 0 radical (unpaired) electrons. The van der Waals surface area contributed by atoms with E-state index in [2.05, 4.69) is 25.1 Å². The molecule has 0 saturated heterocycles. The fourth-order valence-electron chi connectivity index (χ4n) is 1.99. The van der Waals surface area contributed by atoms with Gasteiger partial charge in [0.25, 0.3) is 0 Å². The predicted molar refractivity (Wildman–Crippen MR) is 70.3 cm³/mol. The number of para-hydroxylation sites is 1. The maximum atomic E-state index is 5.76. The van der Waals surface area contributed by atoms with Gasteiger partial charge in [-0.05, 0) is 30.9 Å². The molecule has 0 aromatic heterocycles. The van der Waals surface area contributed by atoms with Crippen LogP contribution in [0.2, 0.25) is 0 Å². The number of ether oxygens (including phenoxy) is 1. The highest BCUT2D eigenvalue weighted by Gasteiger charge is 2.20. The monoisotopic (exact) mass is 237 g/mol. The number of nitrogens with two attached hydrogens (primary N) is 1. The normalized spacial score (nSPS) is 21.0. The van der Waals surface area contributed by atoms with Crippen LogP contribution in [0.4, 0.5) is 0 Å². The van der Waals surface area contributed by atoms with Crippen molar-refractivity contribution in [3.63, 3.8) is 0 Å². The second kappa shape index (κ2) is 5.60. The van der Waals surface area contributed by atoms with Crippen molar-refractivity contribution in [3.8, 4) is 5.75 Å². The number of rotatable bonds is 4. The Morgan fingerprint density at radius 1 is 1.50 bits per heavy atom. The van der Waals surface area contributed by atoms with Crippen molar-refractivity contribution in [2.45, 2.75) is 25.3 Å². The fourth-order valence-corrected chi connectivity index (χ4v) is 3.12. The van der Waals surface area contributed by atoms with Crippen molar-refractivity contribution in [3.05, 3.63) is 29.8 Å². The Morgan fingerprint density at radius 3 is 3.12 bits per heavy atom. The molecule has 1 heterocycles. The zero-order valence-corrected chi connectivity index (χ0v) is 10.5. The molecule has 1 aromatic rings. The first kappa shape index (κ1) is 11.8. The molecule has 0 amide bonds. The van der Waals surface area contributed by atoms with Gasteiger partial charge in [-0.1, -0.05) is 18.2 Å². The average Bonchev–Trinajstić information content (AvgIpc) is 2.29. The molecule has 1 aliphatic rings. The van der Waals surface area contributed by atoms with Crippen molar-refractivity contribution in [1.82, 2.24) is 0 Å². The molecule has 2 unspecified atom stereocenters. The Balaban J connectivity index is 1.96. The molecule has 88 valence electrons. The van der Waals surface area contributed by atoms with E-state index in [0.29, 0.717) is 12.0 Å². The van der Waals surface area contributed by atoms with E-state index in [9.17, 15) is 0 Å². The maximum absolute atomic E-state index is 5.76. The minimum Gasteiger partial charge on any atom is -0.493 e. The highest BCUT2D eigenvalue weighted by Crippen LogP contribution is 2.35. The molecule has 2 nitrogen and oxygen atoms in total. The lowest BCUT2D eigenvalue weighted by atomic mass is 9.95. The molecular formula is C13H19NOS. The minimum atomic E-state index is 0.292. The average molecular weight is 237 g/mol. The molecule has 0 spiro atoms.